The van der Waals surface area contributed by atoms with Crippen LogP contribution in [-0.4, -0.2) is 17.2 Å². The molecule has 3 N–H and O–H groups in total. The molecule has 0 spiro atoms. The van der Waals surface area contributed by atoms with Crippen LogP contribution >= 0.6 is 23.2 Å². The van der Waals surface area contributed by atoms with Crippen LogP contribution in [0.2, 0.25) is 10.2 Å². The Morgan fingerprint density at radius 2 is 1.94 bits per heavy atom. The number of aromatic hydroxyl groups is 1. The van der Waals surface area contributed by atoms with Crippen LogP contribution in [0.15, 0.2) is 69.3 Å². The minimum absolute atomic E-state index is 0. The van der Waals surface area contributed by atoms with Crippen molar-refractivity contribution < 1.29 is 19.0 Å². The van der Waals surface area contributed by atoms with Gasteiger partial charge in [0, 0.05) is 17.3 Å². The number of nitrogens with two attached hydrogens (primary N) is 1. The van der Waals surface area contributed by atoms with Crippen molar-refractivity contribution >= 4 is 34.2 Å². The zero-order chi connectivity index (χ0) is 24.9. The van der Waals surface area contributed by atoms with Gasteiger partial charge in [-0.25, -0.2) is 9.78 Å². The summed E-state index contributed by atoms with van der Waals surface area (Å²) in [6.45, 7) is 0. The number of nitriles is 1. The number of allylic oxidation sites excluding steroid dienone is 1. The van der Waals surface area contributed by atoms with E-state index in [-0.39, 0.29) is 46.7 Å². The maximum atomic E-state index is 13.1. The topological polar surface area (TPSA) is 132 Å². The number of aromatic nitrogens is 1. The molecular weight excluding hydrogens is 505 g/mol. The first kappa shape index (κ1) is 24.9. The van der Waals surface area contributed by atoms with Gasteiger partial charge in [-0.3, -0.25) is 0 Å². The summed E-state index contributed by atoms with van der Waals surface area (Å²) in [7, 11) is 1.51. The molecule has 1 atom stereocenters. The second kappa shape index (κ2) is 9.46. The molecule has 0 amide bonds. The van der Waals surface area contributed by atoms with Crippen LogP contribution in [0.5, 0.6) is 17.2 Å². The SMILES string of the molecule is C.COc1ccc(C2C(C#N)=C(N)Oc3c2c(=O)oc2ccc(O)cc32)cc1-c1cnc(Cl)cc1Cl. The van der Waals surface area contributed by atoms with E-state index in [0.29, 0.717) is 32.8 Å². The van der Waals surface area contributed by atoms with Gasteiger partial charge in [0.15, 0.2) is 5.75 Å². The van der Waals surface area contributed by atoms with Crippen molar-refractivity contribution in [3.05, 3.63) is 91.8 Å². The molecule has 2 aromatic carbocycles. The zero-order valence-electron chi connectivity index (χ0n) is 18.0. The Bertz CT molecular complexity index is 1660. The van der Waals surface area contributed by atoms with Crippen molar-refractivity contribution in [1.29, 1.82) is 5.26 Å². The van der Waals surface area contributed by atoms with Crippen LogP contribution < -0.4 is 20.8 Å². The number of hydrogen-bond acceptors (Lipinski definition) is 8. The van der Waals surface area contributed by atoms with Crippen molar-refractivity contribution in [3.63, 3.8) is 0 Å². The maximum absolute atomic E-state index is 13.1. The molecule has 1 aliphatic heterocycles. The fraction of sp³-hybridized carbons (Fsp3) is 0.115. The highest BCUT2D eigenvalue weighted by atomic mass is 35.5. The van der Waals surface area contributed by atoms with E-state index in [2.05, 4.69) is 4.98 Å². The van der Waals surface area contributed by atoms with Crippen LogP contribution in [-0.2, 0) is 0 Å². The molecule has 0 radical (unpaired) electrons. The average molecular weight is 524 g/mol. The number of phenolic OH excluding ortho intramolecular Hbond substituents is 1. The molecule has 10 heteroatoms. The van der Waals surface area contributed by atoms with E-state index >= 15 is 0 Å². The van der Waals surface area contributed by atoms with Crippen molar-refractivity contribution in [2.75, 3.05) is 7.11 Å². The van der Waals surface area contributed by atoms with Gasteiger partial charge < -0.3 is 24.7 Å². The highest BCUT2D eigenvalue weighted by Gasteiger charge is 2.36. The van der Waals surface area contributed by atoms with E-state index in [0.717, 1.165) is 0 Å². The summed E-state index contributed by atoms with van der Waals surface area (Å²) in [5, 5.41) is 20.8. The molecule has 0 saturated heterocycles. The van der Waals surface area contributed by atoms with Crippen LogP contribution in [0.1, 0.15) is 24.5 Å². The molecule has 0 saturated carbocycles. The van der Waals surface area contributed by atoms with Crippen LogP contribution in [0, 0.1) is 11.3 Å². The number of pyridine rings is 1. The first-order valence-electron chi connectivity index (χ1n) is 10.2. The van der Waals surface area contributed by atoms with Crippen molar-refractivity contribution in [3.8, 4) is 34.4 Å². The Morgan fingerprint density at radius 3 is 2.64 bits per heavy atom. The van der Waals surface area contributed by atoms with Gasteiger partial charge >= 0.3 is 5.63 Å². The molecule has 8 nitrogen and oxygen atoms in total. The third-order valence-corrected chi connectivity index (χ3v) is 6.24. The lowest BCUT2D eigenvalue weighted by Crippen LogP contribution is -2.26. The fourth-order valence-corrected chi connectivity index (χ4v) is 4.63. The van der Waals surface area contributed by atoms with E-state index in [1.54, 1.807) is 18.2 Å². The van der Waals surface area contributed by atoms with Gasteiger partial charge in [-0.15, -0.1) is 0 Å². The predicted octanol–water partition coefficient (Wildman–Crippen LogP) is 5.73. The number of halogens is 2. The van der Waals surface area contributed by atoms with E-state index in [1.807, 2.05) is 6.07 Å². The molecule has 182 valence electrons. The summed E-state index contributed by atoms with van der Waals surface area (Å²) in [5.41, 5.74) is 7.36. The lowest BCUT2D eigenvalue weighted by molar-refractivity contribution is 0.387. The summed E-state index contributed by atoms with van der Waals surface area (Å²) in [6.07, 6.45) is 1.50. The number of phenols is 1. The van der Waals surface area contributed by atoms with Gasteiger partial charge in [0.05, 0.1) is 29.0 Å². The van der Waals surface area contributed by atoms with Crippen molar-refractivity contribution in [1.82, 2.24) is 4.98 Å². The number of benzene rings is 2. The van der Waals surface area contributed by atoms with Gasteiger partial charge in [-0.1, -0.05) is 36.7 Å². The van der Waals surface area contributed by atoms with E-state index in [9.17, 15) is 15.2 Å². The van der Waals surface area contributed by atoms with E-state index in [1.165, 1.54) is 37.6 Å². The Kier molecular flexibility index (Phi) is 6.55. The largest absolute Gasteiger partial charge is 0.508 e. The van der Waals surface area contributed by atoms with Gasteiger partial charge in [0.2, 0.25) is 5.88 Å². The first-order valence-corrected chi connectivity index (χ1v) is 10.9. The number of ether oxygens (including phenoxy) is 2. The molecule has 1 aliphatic rings. The molecule has 0 fully saturated rings. The zero-order valence-corrected chi connectivity index (χ0v) is 19.5. The number of nitrogens with zero attached hydrogens (tertiary/aromatic N) is 2. The second-order valence-corrected chi connectivity index (χ2v) is 8.48. The molecule has 36 heavy (non-hydrogen) atoms. The van der Waals surface area contributed by atoms with Crippen LogP contribution in [0.25, 0.3) is 22.1 Å². The monoisotopic (exact) mass is 523 g/mol. The minimum atomic E-state index is -0.921. The number of fused-ring (bicyclic) bond motifs is 3. The van der Waals surface area contributed by atoms with Crippen molar-refractivity contribution in [2.24, 2.45) is 5.73 Å². The normalized spacial score (nSPS) is 14.4. The van der Waals surface area contributed by atoms with Gasteiger partial charge in [0.25, 0.3) is 0 Å². The lowest BCUT2D eigenvalue weighted by Gasteiger charge is -2.26. The van der Waals surface area contributed by atoms with E-state index in [4.69, 9.17) is 42.8 Å². The summed E-state index contributed by atoms with van der Waals surface area (Å²) in [4.78, 5) is 17.2. The van der Waals surface area contributed by atoms with Crippen LogP contribution in [0.3, 0.4) is 0 Å². The molecule has 3 heterocycles. The molecule has 1 unspecified atom stereocenters. The fourth-order valence-electron chi connectivity index (χ4n) is 4.16. The standard InChI is InChI=1S/C25H15Cl2N3O5.CH4/c1-33-18-4-2-11(6-13(18)16-10-30-20(27)8-17(16)26)21-15(9-28)24(29)35-23-14-7-12(31)3-5-19(14)34-25(32)22(21)23;/h2-8,10,21,31H,29H2,1H3;1H4. The Balaban J connectivity index is 0.00000304. The summed E-state index contributed by atoms with van der Waals surface area (Å²) >= 11 is 12.4. The third-order valence-electron chi connectivity index (χ3n) is 5.72. The Labute approximate surface area is 215 Å². The minimum Gasteiger partial charge on any atom is -0.508 e. The smallest absolute Gasteiger partial charge is 0.344 e. The van der Waals surface area contributed by atoms with E-state index < -0.39 is 11.5 Å². The number of methoxy groups -OCH3 is 1. The predicted molar refractivity (Wildman–Crippen MR) is 136 cm³/mol. The third kappa shape index (κ3) is 3.98. The van der Waals surface area contributed by atoms with Gasteiger partial charge in [-0.2, -0.15) is 5.26 Å². The molecule has 5 rings (SSSR count). The van der Waals surface area contributed by atoms with Crippen molar-refractivity contribution in [2.45, 2.75) is 13.3 Å². The maximum Gasteiger partial charge on any atom is 0.344 e. The molecule has 2 aromatic heterocycles. The highest BCUT2D eigenvalue weighted by molar-refractivity contribution is 6.35. The molecule has 0 aliphatic carbocycles. The highest BCUT2D eigenvalue weighted by Crippen LogP contribution is 2.46. The molecule has 4 aromatic rings. The quantitative estimate of drug-likeness (QED) is 0.257. The lowest BCUT2D eigenvalue weighted by atomic mass is 9.82. The summed E-state index contributed by atoms with van der Waals surface area (Å²) in [6, 6.07) is 12.9. The molecular formula is C26H19Cl2N3O5. The molecule has 0 bridgehead atoms. The van der Waals surface area contributed by atoms with Gasteiger partial charge in [-0.05, 0) is 42.0 Å². The number of hydrogen-bond donors (Lipinski definition) is 2. The average Bonchev–Trinajstić information content (AvgIpc) is 2.83. The first-order chi connectivity index (χ1) is 16.8. The van der Waals surface area contributed by atoms with Gasteiger partial charge in [0.1, 0.15) is 33.9 Å². The van der Waals surface area contributed by atoms with Crippen LogP contribution in [0.4, 0.5) is 0 Å². The Hall–Kier alpha value is -4.19. The number of rotatable bonds is 3. The summed E-state index contributed by atoms with van der Waals surface area (Å²) in [5.74, 6) is -0.548. The Morgan fingerprint density at radius 1 is 1.17 bits per heavy atom. The summed E-state index contributed by atoms with van der Waals surface area (Å²) < 4.78 is 16.7. The second-order valence-electron chi connectivity index (χ2n) is 7.68.